The van der Waals surface area contributed by atoms with Crippen LogP contribution >= 0.6 is 0 Å². The fraction of sp³-hybridized carbons (Fsp3) is 1.00. The second kappa shape index (κ2) is 6.00. The fourth-order valence-electron chi connectivity index (χ4n) is 3.36. The molecule has 2 atom stereocenters. The van der Waals surface area contributed by atoms with Crippen molar-refractivity contribution in [3.05, 3.63) is 0 Å². The Morgan fingerprint density at radius 1 is 1.00 bits per heavy atom. The SMILES string of the molecule is CC1CC(NC2CCC(C(F)(F)F)CC2)CCN1C. The molecule has 5 heteroatoms. The smallest absolute Gasteiger partial charge is 0.311 e. The first-order chi connectivity index (χ1) is 8.86. The molecule has 112 valence electrons. The van der Waals surface area contributed by atoms with Crippen molar-refractivity contribution in [2.75, 3.05) is 13.6 Å². The summed E-state index contributed by atoms with van der Waals surface area (Å²) in [6.07, 6.45) is 0.158. The van der Waals surface area contributed by atoms with Crippen LogP contribution in [0, 0.1) is 5.92 Å². The van der Waals surface area contributed by atoms with E-state index in [0.29, 0.717) is 43.8 Å². The molecular weight excluding hydrogens is 253 g/mol. The molecule has 0 spiro atoms. The van der Waals surface area contributed by atoms with Crippen molar-refractivity contribution in [3.63, 3.8) is 0 Å². The van der Waals surface area contributed by atoms with Crippen molar-refractivity contribution >= 4 is 0 Å². The molecule has 2 aliphatic rings. The minimum atomic E-state index is -3.99. The van der Waals surface area contributed by atoms with E-state index in [1.165, 1.54) is 0 Å². The second-order valence-electron chi connectivity index (χ2n) is 6.31. The van der Waals surface area contributed by atoms with Crippen LogP contribution in [0.1, 0.15) is 45.4 Å². The van der Waals surface area contributed by atoms with Crippen molar-refractivity contribution in [1.29, 1.82) is 0 Å². The summed E-state index contributed by atoms with van der Waals surface area (Å²) in [5.74, 6) is -1.07. The summed E-state index contributed by atoms with van der Waals surface area (Å²) in [6, 6.07) is 1.34. The van der Waals surface area contributed by atoms with Crippen LogP contribution in [0.15, 0.2) is 0 Å². The van der Waals surface area contributed by atoms with Crippen molar-refractivity contribution < 1.29 is 13.2 Å². The number of rotatable bonds is 2. The maximum absolute atomic E-state index is 12.6. The lowest BCUT2D eigenvalue weighted by Gasteiger charge is -2.39. The molecule has 19 heavy (non-hydrogen) atoms. The van der Waals surface area contributed by atoms with Gasteiger partial charge in [-0.2, -0.15) is 13.2 Å². The lowest BCUT2D eigenvalue weighted by atomic mass is 9.84. The summed E-state index contributed by atoms with van der Waals surface area (Å²) in [6.45, 7) is 3.30. The summed E-state index contributed by atoms with van der Waals surface area (Å²) in [5, 5.41) is 3.59. The van der Waals surface area contributed by atoms with Gasteiger partial charge in [0.15, 0.2) is 0 Å². The Hall–Kier alpha value is -0.290. The van der Waals surface area contributed by atoms with Crippen LogP contribution in [0.25, 0.3) is 0 Å². The average Bonchev–Trinajstić information content (AvgIpc) is 2.33. The molecule has 0 aromatic rings. The maximum Gasteiger partial charge on any atom is 0.391 e. The van der Waals surface area contributed by atoms with E-state index in [1.54, 1.807) is 0 Å². The molecule has 2 rings (SSSR count). The van der Waals surface area contributed by atoms with Gasteiger partial charge in [-0.15, -0.1) is 0 Å². The highest BCUT2D eigenvalue weighted by Crippen LogP contribution is 2.37. The Morgan fingerprint density at radius 3 is 2.16 bits per heavy atom. The molecule has 1 aliphatic heterocycles. The zero-order valence-electron chi connectivity index (χ0n) is 11.8. The van der Waals surface area contributed by atoms with E-state index in [4.69, 9.17) is 0 Å². The molecule has 0 radical (unpaired) electrons. The van der Waals surface area contributed by atoms with Gasteiger partial charge in [0.2, 0.25) is 0 Å². The number of alkyl halides is 3. The second-order valence-corrected chi connectivity index (χ2v) is 6.31. The monoisotopic (exact) mass is 278 g/mol. The number of hydrogen-bond donors (Lipinski definition) is 1. The molecule has 1 saturated carbocycles. The zero-order valence-corrected chi connectivity index (χ0v) is 11.8. The van der Waals surface area contributed by atoms with Gasteiger partial charge in [-0.3, -0.25) is 0 Å². The van der Waals surface area contributed by atoms with Gasteiger partial charge in [-0.25, -0.2) is 0 Å². The molecule has 2 unspecified atom stereocenters. The molecule has 1 heterocycles. The van der Waals surface area contributed by atoms with Gasteiger partial charge in [0.1, 0.15) is 0 Å². The summed E-state index contributed by atoms with van der Waals surface area (Å²) in [7, 11) is 2.13. The van der Waals surface area contributed by atoms with Gasteiger partial charge in [0.05, 0.1) is 5.92 Å². The topological polar surface area (TPSA) is 15.3 Å². The molecule has 0 aromatic carbocycles. The molecule has 0 amide bonds. The first kappa shape index (κ1) is 15.1. The number of piperidine rings is 1. The Kier molecular flexibility index (Phi) is 4.77. The molecular formula is C14H25F3N2. The van der Waals surface area contributed by atoms with E-state index >= 15 is 0 Å². The maximum atomic E-state index is 12.6. The van der Waals surface area contributed by atoms with Gasteiger partial charge in [-0.05, 0) is 59.0 Å². The number of nitrogens with one attached hydrogen (secondary N) is 1. The molecule has 0 bridgehead atoms. The van der Waals surface area contributed by atoms with Crippen molar-refractivity contribution in [2.45, 2.75) is 69.8 Å². The van der Waals surface area contributed by atoms with Crippen LogP contribution in [0.3, 0.4) is 0 Å². The van der Waals surface area contributed by atoms with Crippen molar-refractivity contribution in [3.8, 4) is 0 Å². The van der Waals surface area contributed by atoms with Crippen LogP contribution in [0.2, 0.25) is 0 Å². The van der Waals surface area contributed by atoms with Gasteiger partial charge in [0, 0.05) is 18.1 Å². The molecule has 1 saturated heterocycles. The normalized spacial score (nSPS) is 38.4. The van der Waals surface area contributed by atoms with E-state index in [-0.39, 0.29) is 0 Å². The molecule has 2 nitrogen and oxygen atoms in total. The molecule has 2 fully saturated rings. The van der Waals surface area contributed by atoms with Crippen LogP contribution in [-0.4, -0.2) is 42.8 Å². The van der Waals surface area contributed by atoms with Crippen molar-refractivity contribution in [1.82, 2.24) is 10.2 Å². The van der Waals surface area contributed by atoms with E-state index in [2.05, 4.69) is 24.2 Å². The third-order valence-corrected chi connectivity index (χ3v) is 4.87. The summed E-state index contributed by atoms with van der Waals surface area (Å²) in [5.41, 5.74) is 0. The van der Waals surface area contributed by atoms with Gasteiger partial charge in [0.25, 0.3) is 0 Å². The fourth-order valence-corrected chi connectivity index (χ4v) is 3.36. The first-order valence-corrected chi connectivity index (χ1v) is 7.39. The largest absolute Gasteiger partial charge is 0.391 e. The lowest BCUT2D eigenvalue weighted by Crippen LogP contribution is -2.49. The summed E-state index contributed by atoms with van der Waals surface area (Å²) >= 11 is 0. The van der Waals surface area contributed by atoms with Gasteiger partial charge >= 0.3 is 6.18 Å². The third-order valence-electron chi connectivity index (χ3n) is 4.87. The van der Waals surface area contributed by atoms with Crippen LogP contribution in [0.4, 0.5) is 13.2 Å². The first-order valence-electron chi connectivity index (χ1n) is 7.39. The quantitative estimate of drug-likeness (QED) is 0.834. The van der Waals surface area contributed by atoms with Crippen molar-refractivity contribution in [2.24, 2.45) is 5.92 Å². The summed E-state index contributed by atoms with van der Waals surface area (Å²) < 4.78 is 37.8. The standard InChI is InChI=1S/C14H25F3N2/c1-10-9-13(7-8-19(10)2)18-12-5-3-11(4-6-12)14(15,16)17/h10-13,18H,3-9H2,1-2H3. The van der Waals surface area contributed by atoms with Crippen LogP contribution in [-0.2, 0) is 0 Å². The Bertz CT molecular complexity index is 285. The van der Waals surface area contributed by atoms with E-state index in [0.717, 1.165) is 19.4 Å². The highest BCUT2D eigenvalue weighted by atomic mass is 19.4. The predicted octanol–water partition coefficient (Wildman–Crippen LogP) is 3.18. The minimum absolute atomic E-state index is 0.291. The highest BCUT2D eigenvalue weighted by molar-refractivity contribution is 4.87. The molecule has 1 aliphatic carbocycles. The number of nitrogens with zero attached hydrogens (tertiary/aromatic N) is 1. The minimum Gasteiger partial charge on any atom is -0.311 e. The van der Waals surface area contributed by atoms with Crippen LogP contribution < -0.4 is 5.32 Å². The lowest BCUT2D eigenvalue weighted by molar-refractivity contribution is -0.182. The average molecular weight is 278 g/mol. The highest BCUT2D eigenvalue weighted by Gasteiger charge is 2.41. The third kappa shape index (κ3) is 4.09. The van der Waals surface area contributed by atoms with Gasteiger partial charge < -0.3 is 10.2 Å². The Morgan fingerprint density at radius 2 is 1.63 bits per heavy atom. The van der Waals surface area contributed by atoms with E-state index in [1.807, 2.05) is 0 Å². The zero-order chi connectivity index (χ0) is 14.0. The Balaban J connectivity index is 1.74. The molecule has 1 N–H and O–H groups in total. The van der Waals surface area contributed by atoms with Gasteiger partial charge in [-0.1, -0.05) is 0 Å². The van der Waals surface area contributed by atoms with Crippen LogP contribution in [0.5, 0.6) is 0 Å². The number of halogens is 3. The van der Waals surface area contributed by atoms with E-state index < -0.39 is 12.1 Å². The Labute approximate surface area is 113 Å². The summed E-state index contributed by atoms with van der Waals surface area (Å²) in [4.78, 5) is 2.35. The molecule has 0 aromatic heterocycles. The van der Waals surface area contributed by atoms with E-state index in [9.17, 15) is 13.2 Å². The number of hydrogen-bond acceptors (Lipinski definition) is 2. The predicted molar refractivity (Wildman–Crippen MR) is 70.1 cm³/mol. The number of likely N-dealkylation sites (tertiary alicyclic amines) is 1.